The van der Waals surface area contributed by atoms with Gasteiger partial charge in [-0.05, 0) is 37.1 Å². The highest BCUT2D eigenvalue weighted by Gasteiger charge is 2.19. The Morgan fingerprint density at radius 3 is 2.55 bits per heavy atom. The Morgan fingerprint density at radius 2 is 1.90 bits per heavy atom. The summed E-state index contributed by atoms with van der Waals surface area (Å²) in [6.45, 7) is 1.94. The van der Waals surface area contributed by atoms with Crippen molar-refractivity contribution < 1.29 is 4.74 Å². The molecule has 1 aromatic carbocycles. The van der Waals surface area contributed by atoms with Gasteiger partial charge in [-0.1, -0.05) is 11.3 Å². The van der Waals surface area contributed by atoms with Crippen molar-refractivity contribution in [1.29, 1.82) is 0 Å². The fourth-order valence-corrected chi connectivity index (χ4v) is 3.19. The van der Waals surface area contributed by atoms with Gasteiger partial charge in [0.2, 0.25) is 5.13 Å². The van der Waals surface area contributed by atoms with Crippen molar-refractivity contribution >= 4 is 16.5 Å². The molecular weight excluding hydrogens is 272 g/mol. The zero-order chi connectivity index (χ0) is 13.9. The number of hydrogen-bond donors (Lipinski definition) is 1. The number of hydrogen-bond acceptors (Lipinski definition) is 6. The van der Waals surface area contributed by atoms with Crippen LogP contribution in [0.5, 0.6) is 5.75 Å². The molecule has 2 N–H and O–H groups in total. The normalized spacial score (nSPS) is 16.4. The molecule has 1 fully saturated rings. The van der Waals surface area contributed by atoms with Gasteiger partial charge in [-0.3, -0.25) is 0 Å². The number of benzene rings is 1. The van der Waals surface area contributed by atoms with E-state index in [0.717, 1.165) is 47.4 Å². The molecule has 6 heteroatoms. The maximum atomic E-state index is 5.93. The van der Waals surface area contributed by atoms with Crippen molar-refractivity contribution in [3.8, 4) is 16.3 Å². The van der Waals surface area contributed by atoms with Gasteiger partial charge >= 0.3 is 0 Å². The highest BCUT2D eigenvalue weighted by molar-refractivity contribution is 7.18. The van der Waals surface area contributed by atoms with Gasteiger partial charge in [-0.15, -0.1) is 10.2 Å². The van der Waals surface area contributed by atoms with Gasteiger partial charge < -0.3 is 15.4 Å². The SMILES string of the molecule is COc1ccc(-c2nnc(N3CCC(N)CC3)s2)cc1. The molecule has 3 rings (SSSR count). The average Bonchev–Trinajstić information content (AvgIpc) is 2.98. The summed E-state index contributed by atoms with van der Waals surface area (Å²) in [5, 5.41) is 10.5. The molecule has 0 aliphatic carbocycles. The van der Waals surface area contributed by atoms with Crippen LogP contribution >= 0.6 is 11.3 Å². The molecule has 0 bridgehead atoms. The summed E-state index contributed by atoms with van der Waals surface area (Å²) >= 11 is 1.63. The second-order valence-electron chi connectivity index (χ2n) is 4.94. The van der Waals surface area contributed by atoms with E-state index >= 15 is 0 Å². The molecule has 0 amide bonds. The van der Waals surface area contributed by atoms with Crippen molar-refractivity contribution in [2.75, 3.05) is 25.1 Å². The molecule has 106 valence electrons. The highest BCUT2D eigenvalue weighted by atomic mass is 32.1. The van der Waals surface area contributed by atoms with Crippen molar-refractivity contribution in [2.45, 2.75) is 18.9 Å². The van der Waals surface area contributed by atoms with Crippen LogP contribution in [-0.4, -0.2) is 36.4 Å². The molecule has 1 aliphatic heterocycles. The summed E-state index contributed by atoms with van der Waals surface area (Å²) in [6, 6.07) is 8.23. The minimum atomic E-state index is 0.334. The van der Waals surface area contributed by atoms with Gasteiger partial charge in [-0.25, -0.2) is 0 Å². The van der Waals surface area contributed by atoms with Gasteiger partial charge in [-0.2, -0.15) is 0 Å². The van der Waals surface area contributed by atoms with Crippen LogP contribution in [0.1, 0.15) is 12.8 Å². The van der Waals surface area contributed by atoms with Crippen LogP contribution in [0.4, 0.5) is 5.13 Å². The number of ether oxygens (including phenoxy) is 1. The summed E-state index contributed by atoms with van der Waals surface area (Å²) in [7, 11) is 1.67. The topological polar surface area (TPSA) is 64.3 Å². The Balaban J connectivity index is 1.75. The first-order chi connectivity index (χ1) is 9.76. The molecule has 2 aromatic rings. The third kappa shape index (κ3) is 2.76. The van der Waals surface area contributed by atoms with E-state index in [9.17, 15) is 0 Å². The minimum Gasteiger partial charge on any atom is -0.497 e. The zero-order valence-electron chi connectivity index (χ0n) is 11.5. The fourth-order valence-electron chi connectivity index (χ4n) is 2.28. The van der Waals surface area contributed by atoms with Crippen molar-refractivity contribution in [1.82, 2.24) is 10.2 Å². The standard InChI is InChI=1S/C14H18N4OS/c1-19-12-4-2-10(3-5-12)13-16-17-14(20-13)18-8-6-11(15)7-9-18/h2-5,11H,6-9,15H2,1H3. The Kier molecular flexibility index (Phi) is 3.84. The molecular formula is C14H18N4OS. The molecule has 20 heavy (non-hydrogen) atoms. The number of piperidine rings is 1. The second kappa shape index (κ2) is 5.76. The van der Waals surface area contributed by atoms with Gasteiger partial charge in [0.25, 0.3) is 0 Å². The number of methoxy groups -OCH3 is 1. The van der Waals surface area contributed by atoms with Crippen molar-refractivity contribution in [3.63, 3.8) is 0 Å². The zero-order valence-corrected chi connectivity index (χ0v) is 12.3. The van der Waals surface area contributed by atoms with Crippen LogP contribution in [0.15, 0.2) is 24.3 Å². The third-order valence-corrected chi connectivity index (χ3v) is 4.59. The molecule has 2 heterocycles. The number of nitrogens with two attached hydrogens (primary N) is 1. The second-order valence-corrected chi connectivity index (χ2v) is 5.90. The van der Waals surface area contributed by atoms with Gasteiger partial charge in [0, 0.05) is 24.7 Å². The van der Waals surface area contributed by atoms with E-state index in [1.54, 1.807) is 18.4 Å². The predicted octanol–water partition coefficient (Wildman–Crippen LogP) is 2.14. The van der Waals surface area contributed by atoms with E-state index in [0.29, 0.717) is 6.04 Å². The smallest absolute Gasteiger partial charge is 0.208 e. The molecule has 0 atom stereocenters. The predicted molar refractivity (Wildman–Crippen MR) is 81.3 cm³/mol. The Morgan fingerprint density at radius 1 is 1.20 bits per heavy atom. The number of nitrogens with zero attached hydrogens (tertiary/aromatic N) is 3. The maximum Gasteiger partial charge on any atom is 0.208 e. The van der Waals surface area contributed by atoms with Crippen LogP contribution in [0.25, 0.3) is 10.6 Å². The lowest BCUT2D eigenvalue weighted by atomic mass is 10.1. The van der Waals surface area contributed by atoms with Gasteiger partial charge in [0.05, 0.1) is 7.11 Å². The molecule has 0 unspecified atom stereocenters. The summed E-state index contributed by atoms with van der Waals surface area (Å²) < 4.78 is 5.16. The number of aromatic nitrogens is 2. The van der Waals surface area contributed by atoms with Crippen LogP contribution in [0.2, 0.25) is 0 Å². The molecule has 1 aromatic heterocycles. The number of anilines is 1. The van der Waals surface area contributed by atoms with E-state index in [4.69, 9.17) is 10.5 Å². The molecule has 0 spiro atoms. The van der Waals surface area contributed by atoms with E-state index in [-0.39, 0.29) is 0 Å². The first kappa shape index (κ1) is 13.3. The van der Waals surface area contributed by atoms with Crippen LogP contribution < -0.4 is 15.4 Å². The van der Waals surface area contributed by atoms with E-state index in [1.807, 2.05) is 24.3 Å². The van der Waals surface area contributed by atoms with Crippen LogP contribution in [0, 0.1) is 0 Å². The maximum absolute atomic E-state index is 5.93. The lowest BCUT2D eigenvalue weighted by molar-refractivity contribution is 0.415. The highest BCUT2D eigenvalue weighted by Crippen LogP contribution is 2.30. The fraction of sp³-hybridized carbons (Fsp3) is 0.429. The first-order valence-corrected chi connectivity index (χ1v) is 7.56. The summed E-state index contributed by atoms with van der Waals surface area (Å²) in [5.74, 6) is 0.850. The lowest BCUT2D eigenvalue weighted by Gasteiger charge is -2.29. The Bertz CT molecular complexity index is 561. The molecule has 0 radical (unpaired) electrons. The molecule has 0 saturated carbocycles. The first-order valence-electron chi connectivity index (χ1n) is 6.75. The minimum absolute atomic E-state index is 0.334. The third-order valence-electron chi connectivity index (χ3n) is 3.56. The average molecular weight is 290 g/mol. The van der Waals surface area contributed by atoms with Crippen LogP contribution in [-0.2, 0) is 0 Å². The van der Waals surface area contributed by atoms with Gasteiger partial charge in [0.1, 0.15) is 10.8 Å². The largest absolute Gasteiger partial charge is 0.497 e. The van der Waals surface area contributed by atoms with Crippen molar-refractivity contribution in [2.24, 2.45) is 5.73 Å². The summed E-state index contributed by atoms with van der Waals surface area (Å²) in [6.07, 6.45) is 2.05. The molecule has 5 nitrogen and oxygen atoms in total. The van der Waals surface area contributed by atoms with Crippen LogP contribution in [0.3, 0.4) is 0 Å². The quantitative estimate of drug-likeness (QED) is 0.938. The Labute approximate surface area is 122 Å². The summed E-state index contributed by atoms with van der Waals surface area (Å²) in [5.41, 5.74) is 7.00. The van der Waals surface area contributed by atoms with Crippen molar-refractivity contribution in [3.05, 3.63) is 24.3 Å². The lowest BCUT2D eigenvalue weighted by Crippen LogP contribution is -2.39. The molecule has 1 saturated heterocycles. The summed E-state index contributed by atoms with van der Waals surface area (Å²) in [4.78, 5) is 2.27. The Hall–Kier alpha value is -1.66. The van der Waals surface area contributed by atoms with E-state index < -0.39 is 0 Å². The monoisotopic (exact) mass is 290 g/mol. The molecule has 1 aliphatic rings. The van der Waals surface area contributed by atoms with E-state index in [1.165, 1.54) is 0 Å². The van der Waals surface area contributed by atoms with Gasteiger partial charge in [0.15, 0.2) is 0 Å². The number of rotatable bonds is 3. The van der Waals surface area contributed by atoms with E-state index in [2.05, 4.69) is 15.1 Å².